The zero-order chi connectivity index (χ0) is 20.4. The first-order valence-electron chi connectivity index (χ1n) is 8.84. The van der Waals surface area contributed by atoms with E-state index in [0.29, 0.717) is 23.7 Å². The van der Waals surface area contributed by atoms with E-state index in [1.54, 1.807) is 24.3 Å². The van der Waals surface area contributed by atoms with E-state index in [1.165, 1.54) is 17.0 Å². The number of hydrogen-bond donors (Lipinski definition) is 0. The molecule has 0 N–H and O–H groups in total. The summed E-state index contributed by atoms with van der Waals surface area (Å²) in [7, 11) is 3.72. The van der Waals surface area contributed by atoms with Gasteiger partial charge < -0.3 is 9.80 Å². The lowest BCUT2D eigenvalue weighted by molar-refractivity contribution is -0.140. The van der Waals surface area contributed by atoms with E-state index < -0.39 is 35.3 Å². The third kappa shape index (κ3) is 3.98. The summed E-state index contributed by atoms with van der Waals surface area (Å²) in [4.78, 5) is 41.9. The van der Waals surface area contributed by atoms with Crippen molar-refractivity contribution in [1.29, 1.82) is 0 Å². The van der Waals surface area contributed by atoms with Crippen molar-refractivity contribution >= 4 is 29.1 Å². The fourth-order valence-corrected chi connectivity index (χ4v) is 3.49. The fraction of sp³-hybridized carbons (Fsp3) is 0.286. The first kappa shape index (κ1) is 20.2. The van der Waals surface area contributed by atoms with Crippen LogP contribution in [0.4, 0.5) is 4.39 Å². The summed E-state index contributed by atoms with van der Waals surface area (Å²) in [5.41, 5.74) is 0.851. The van der Waals surface area contributed by atoms with Crippen LogP contribution in [0.3, 0.4) is 0 Å². The van der Waals surface area contributed by atoms with Crippen LogP contribution in [0.15, 0.2) is 48.5 Å². The molecule has 3 rings (SSSR count). The van der Waals surface area contributed by atoms with Crippen LogP contribution in [0, 0.1) is 11.7 Å². The van der Waals surface area contributed by atoms with Gasteiger partial charge in [-0.2, -0.15) is 0 Å². The Balaban J connectivity index is 2.02. The lowest BCUT2D eigenvalue weighted by atomic mass is 9.86. The van der Waals surface area contributed by atoms with Gasteiger partial charge in [0, 0.05) is 23.7 Å². The second-order valence-electron chi connectivity index (χ2n) is 7.01. The zero-order valence-electron chi connectivity index (χ0n) is 15.6. The molecule has 0 bridgehead atoms. The van der Waals surface area contributed by atoms with Crippen LogP contribution in [0.25, 0.3) is 0 Å². The molecule has 0 saturated carbocycles. The predicted molar refractivity (Wildman–Crippen MR) is 104 cm³/mol. The quantitative estimate of drug-likeness (QED) is 0.423. The number of benzene rings is 2. The van der Waals surface area contributed by atoms with Crippen molar-refractivity contribution in [3.05, 3.63) is 70.5 Å². The van der Waals surface area contributed by atoms with Gasteiger partial charge in [0.1, 0.15) is 11.7 Å². The minimum absolute atomic E-state index is 0.195. The first-order chi connectivity index (χ1) is 13.3. The van der Waals surface area contributed by atoms with Crippen molar-refractivity contribution in [1.82, 2.24) is 9.80 Å². The highest BCUT2D eigenvalue weighted by molar-refractivity contribution is 6.44. The number of amides is 1. The normalized spacial score (nSPS) is 19.5. The lowest BCUT2D eigenvalue weighted by Gasteiger charge is -2.28. The molecule has 5 nitrogen and oxygen atoms in total. The molecule has 2 aromatic carbocycles. The molecule has 0 radical (unpaired) electrons. The standard InChI is InChI=1S/C21H20ClFN2O3/c1-24(2)11-12-25-18(13-3-7-15(22)8-4-13)17(20(27)21(25)28)19(26)14-5-9-16(23)10-6-14/h3-10,17-18H,11-12H2,1-2H3. The number of carbonyl (C=O) groups is 3. The van der Waals surface area contributed by atoms with Crippen LogP contribution in [0.5, 0.6) is 0 Å². The van der Waals surface area contributed by atoms with Gasteiger partial charge in [0.05, 0.1) is 6.04 Å². The highest BCUT2D eigenvalue weighted by Crippen LogP contribution is 2.38. The average molecular weight is 403 g/mol. The van der Waals surface area contributed by atoms with Crippen LogP contribution in [0.1, 0.15) is 22.0 Å². The molecule has 1 amide bonds. The number of likely N-dealkylation sites (tertiary alicyclic amines) is 1. The fourth-order valence-electron chi connectivity index (χ4n) is 3.36. The molecule has 2 aromatic rings. The molecule has 28 heavy (non-hydrogen) atoms. The summed E-state index contributed by atoms with van der Waals surface area (Å²) in [6.45, 7) is 0.846. The molecular weight excluding hydrogens is 383 g/mol. The second kappa shape index (κ2) is 8.20. The van der Waals surface area contributed by atoms with E-state index in [9.17, 15) is 18.8 Å². The Hall–Kier alpha value is -2.57. The van der Waals surface area contributed by atoms with E-state index in [0.717, 1.165) is 12.1 Å². The third-order valence-electron chi connectivity index (χ3n) is 4.82. The van der Waals surface area contributed by atoms with Gasteiger partial charge in [0.2, 0.25) is 5.78 Å². The van der Waals surface area contributed by atoms with Crippen LogP contribution in [0.2, 0.25) is 5.02 Å². The summed E-state index contributed by atoms with van der Waals surface area (Å²) in [6.07, 6.45) is 0. The number of ketones is 2. The Morgan fingerprint density at radius 2 is 1.68 bits per heavy atom. The maximum Gasteiger partial charge on any atom is 0.291 e. The monoisotopic (exact) mass is 402 g/mol. The Labute approximate surface area is 167 Å². The number of hydrogen-bond acceptors (Lipinski definition) is 4. The Morgan fingerprint density at radius 1 is 1.07 bits per heavy atom. The van der Waals surface area contributed by atoms with Crippen molar-refractivity contribution in [2.45, 2.75) is 6.04 Å². The number of likely N-dealkylation sites (N-methyl/N-ethyl adjacent to an activating group) is 1. The molecule has 0 aliphatic carbocycles. The molecule has 7 heteroatoms. The maximum absolute atomic E-state index is 13.2. The van der Waals surface area contributed by atoms with Gasteiger partial charge in [-0.3, -0.25) is 14.4 Å². The van der Waals surface area contributed by atoms with Gasteiger partial charge in [-0.05, 0) is 56.1 Å². The first-order valence-corrected chi connectivity index (χ1v) is 9.22. The smallest absolute Gasteiger partial charge is 0.291 e. The SMILES string of the molecule is CN(C)CCN1C(=O)C(=O)C(C(=O)c2ccc(F)cc2)C1c1ccc(Cl)cc1. The molecule has 0 spiro atoms. The van der Waals surface area contributed by atoms with E-state index in [-0.39, 0.29) is 5.56 Å². The largest absolute Gasteiger partial charge is 0.327 e. The Kier molecular flexibility index (Phi) is 5.91. The van der Waals surface area contributed by atoms with E-state index in [4.69, 9.17) is 11.6 Å². The molecule has 1 fully saturated rings. The summed E-state index contributed by atoms with van der Waals surface area (Å²) in [6, 6.07) is 11.0. The summed E-state index contributed by atoms with van der Waals surface area (Å²) in [5, 5.41) is 0.514. The molecule has 1 heterocycles. The van der Waals surface area contributed by atoms with Gasteiger partial charge in [-0.1, -0.05) is 23.7 Å². The number of halogens is 2. The molecule has 1 aliphatic rings. The van der Waals surface area contributed by atoms with Crippen molar-refractivity contribution in [2.24, 2.45) is 5.92 Å². The lowest BCUT2D eigenvalue weighted by Crippen LogP contribution is -2.36. The van der Waals surface area contributed by atoms with Gasteiger partial charge in [-0.15, -0.1) is 0 Å². The minimum Gasteiger partial charge on any atom is -0.327 e. The van der Waals surface area contributed by atoms with E-state index in [2.05, 4.69) is 0 Å². The van der Waals surface area contributed by atoms with E-state index >= 15 is 0 Å². The van der Waals surface area contributed by atoms with Gasteiger partial charge >= 0.3 is 0 Å². The summed E-state index contributed by atoms with van der Waals surface area (Å²) < 4.78 is 13.2. The molecule has 146 valence electrons. The van der Waals surface area contributed by atoms with Crippen LogP contribution < -0.4 is 0 Å². The van der Waals surface area contributed by atoms with Gasteiger partial charge in [-0.25, -0.2) is 4.39 Å². The molecule has 0 aromatic heterocycles. The Bertz CT molecular complexity index is 897. The van der Waals surface area contributed by atoms with Crippen LogP contribution >= 0.6 is 11.6 Å². The van der Waals surface area contributed by atoms with Gasteiger partial charge in [0.15, 0.2) is 5.78 Å². The van der Waals surface area contributed by atoms with Crippen molar-refractivity contribution in [3.8, 4) is 0 Å². The molecular formula is C21H20ClFN2O3. The predicted octanol–water partition coefficient (Wildman–Crippen LogP) is 2.99. The molecule has 2 atom stereocenters. The molecule has 1 saturated heterocycles. The summed E-state index contributed by atoms with van der Waals surface area (Å²) in [5.74, 6) is -3.57. The molecule has 2 unspecified atom stereocenters. The minimum atomic E-state index is -1.18. The van der Waals surface area contributed by atoms with Crippen LogP contribution in [-0.4, -0.2) is 54.5 Å². The number of rotatable bonds is 6. The third-order valence-corrected chi connectivity index (χ3v) is 5.07. The molecule has 1 aliphatic heterocycles. The van der Waals surface area contributed by atoms with Crippen LogP contribution in [-0.2, 0) is 9.59 Å². The highest BCUT2D eigenvalue weighted by atomic mass is 35.5. The number of nitrogens with zero attached hydrogens (tertiary/aromatic N) is 2. The van der Waals surface area contributed by atoms with Crippen molar-refractivity contribution in [2.75, 3.05) is 27.2 Å². The topological polar surface area (TPSA) is 57.7 Å². The second-order valence-corrected chi connectivity index (χ2v) is 7.45. The van der Waals surface area contributed by atoms with Crippen molar-refractivity contribution in [3.63, 3.8) is 0 Å². The zero-order valence-corrected chi connectivity index (χ0v) is 16.3. The maximum atomic E-state index is 13.2. The Morgan fingerprint density at radius 3 is 2.25 bits per heavy atom. The van der Waals surface area contributed by atoms with Crippen molar-refractivity contribution < 1.29 is 18.8 Å². The number of Topliss-reactive ketones (excluding diaryl/α,β-unsaturated/α-hetero) is 2. The number of carbonyl (C=O) groups excluding carboxylic acids is 3. The van der Waals surface area contributed by atoms with E-state index in [1.807, 2.05) is 19.0 Å². The van der Waals surface area contributed by atoms with Gasteiger partial charge in [0.25, 0.3) is 5.91 Å². The average Bonchev–Trinajstić information content (AvgIpc) is 2.91. The highest BCUT2D eigenvalue weighted by Gasteiger charge is 2.51. The summed E-state index contributed by atoms with van der Waals surface area (Å²) >= 11 is 5.97.